The highest BCUT2D eigenvalue weighted by molar-refractivity contribution is 9.11. The van der Waals surface area contributed by atoms with E-state index in [1.165, 1.54) is 11.3 Å². The molecule has 1 heterocycles. The van der Waals surface area contributed by atoms with E-state index in [2.05, 4.69) is 47.4 Å². The summed E-state index contributed by atoms with van der Waals surface area (Å²) < 4.78 is 7.42. The maximum Gasteiger partial charge on any atom is 0.205 e. The number of rotatable bonds is 5. The van der Waals surface area contributed by atoms with Crippen LogP contribution in [0.5, 0.6) is 5.75 Å². The van der Waals surface area contributed by atoms with Gasteiger partial charge in [0.2, 0.25) is 5.13 Å². The van der Waals surface area contributed by atoms with Crippen LogP contribution in [0.3, 0.4) is 0 Å². The zero-order valence-corrected chi connectivity index (χ0v) is 14.5. The number of hydrogen-bond donors (Lipinski definition) is 2. The van der Waals surface area contributed by atoms with E-state index in [9.17, 15) is 0 Å². The van der Waals surface area contributed by atoms with Crippen LogP contribution in [0.1, 0.15) is 12.5 Å². The van der Waals surface area contributed by atoms with Gasteiger partial charge in [0.1, 0.15) is 11.6 Å². The standard InChI is InChI=1S/C12H12Br2N4OS/c1-2-19-11-7(3-8(13)4-9(11)14)5-16-18-12-17-10(15)6-20-12/h3-6H,2,15H2,1H3,(H,17,18). The second-order valence-corrected chi connectivity index (χ2v) is 6.31. The maximum atomic E-state index is 5.61. The molecule has 0 saturated carbocycles. The topological polar surface area (TPSA) is 72.5 Å². The first kappa shape index (κ1) is 15.3. The van der Waals surface area contributed by atoms with Crippen LogP contribution in [-0.2, 0) is 0 Å². The Hall–Kier alpha value is -1.12. The lowest BCUT2D eigenvalue weighted by atomic mass is 10.2. The van der Waals surface area contributed by atoms with Gasteiger partial charge in [0.25, 0.3) is 0 Å². The Kier molecular flexibility index (Phi) is 5.38. The summed E-state index contributed by atoms with van der Waals surface area (Å²) in [5, 5.41) is 6.54. The molecule has 5 nitrogen and oxygen atoms in total. The number of benzene rings is 1. The molecule has 8 heteroatoms. The second kappa shape index (κ2) is 7.05. The smallest absolute Gasteiger partial charge is 0.205 e. The SMILES string of the molecule is CCOc1c(Br)cc(Br)cc1C=NNc1nc(N)cs1. The van der Waals surface area contributed by atoms with Gasteiger partial charge in [-0.25, -0.2) is 4.98 Å². The maximum absolute atomic E-state index is 5.61. The van der Waals surface area contributed by atoms with Crippen molar-refractivity contribution in [3.8, 4) is 5.75 Å². The number of nitrogens with zero attached hydrogens (tertiary/aromatic N) is 2. The van der Waals surface area contributed by atoms with E-state index in [1.54, 1.807) is 11.6 Å². The summed E-state index contributed by atoms with van der Waals surface area (Å²) in [6, 6.07) is 3.86. The molecule has 3 N–H and O–H groups in total. The molecule has 0 unspecified atom stereocenters. The fraction of sp³-hybridized carbons (Fsp3) is 0.167. The summed E-state index contributed by atoms with van der Waals surface area (Å²) in [7, 11) is 0. The van der Waals surface area contributed by atoms with Gasteiger partial charge in [-0.05, 0) is 35.0 Å². The van der Waals surface area contributed by atoms with E-state index in [4.69, 9.17) is 10.5 Å². The number of hydrazone groups is 1. The number of nitrogens with two attached hydrogens (primary N) is 1. The lowest BCUT2D eigenvalue weighted by Gasteiger charge is -2.09. The highest BCUT2D eigenvalue weighted by Gasteiger charge is 2.08. The fourth-order valence-electron chi connectivity index (χ4n) is 1.47. The van der Waals surface area contributed by atoms with E-state index >= 15 is 0 Å². The van der Waals surface area contributed by atoms with Crippen LogP contribution >= 0.6 is 43.2 Å². The van der Waals surface area contributed by atoms with Crippen molar-refractivity contribution in [2.75, 3.05) is 17.8 Å². The monoisotopic (exact) mass is 418 g/mol. The third kappa shape index (κ3) is 3.94. The number of nitrogens with one attached hydrogen (secondary N) is 1. The van der Waals surface area contributed by atoms with Crippen LogP contribution in [-0.4, -0.2) is 17.8 Å². The van der Waals surface area contributed by atoms with Gasteiger partial charge in [-0.1, -0.05) is 15.9 Å². The number of hydrogen-bond acceptors (Lipinski definition) is 6. The number of thiazole rings is 1. The van der Waals surface area contributed by atoms with Crippen molar-refractivity contribution >= 4 is 60.4 Å². The Morgan fingerprint density at radius 1 is 1.50 bits per heavy atom. The Morgan fingerprint density at radius 3 is 2.95 bits per heavy atom. The van der Waals surface area contributed by atoms with Crippen molar-refractivity contribution in [1.29, 1.82) is 0 Å². The lowest BCUT2D eigenvalue weighted by molar-refractivity contribution is 0.337. The zero-order chi connectivity index (χ0) is 14.5. The molecule has 1 aromatic carbocycles. The van der Waals surface area contributed by atoms with Crippen LogP contribution in [0.4, 0.5) is 10.9 Å². The average Bonchev–Trinajstić information content (AvgIpc) is 2.79. The minimum atomic E-state index is 0.480. The molecular weight excluding hydrogens is 408 g/mol. The van der Waals surface area contributed by atoms with E-state index in [0.29, 0.717) is 17.6 Å². The number of halogens is 2. The van der Waals surface area contributed by atoms with Crippen LogP contribution in [0, 0.1) is 0 Å². The predicted octanol–water partition coefficient (Wildman–Crippen LogP) is 4.10. The molecule has 0 fully saturated rings. The first-order chi connectivity index (χ1) is 9.60. The fourth-order valence-corrected chi connectivity index (χ4v) is 3.39. The summed E-state index contributed by atoms with van der Waals surface area (Å²) in [4.78, 5) is 4.06. The van der Waals surface area contributed by atoms with Crippen molar-refractivity contribution in [1.82, 2.24) is 4.98 Å². The normalized spacial score (nSPS) is 10.9. The largest absolute Gasteiger partial charge is 0.492 e. The summed E-state index contributed by atoms with van der Waals surface area (Å²) >= 11 is 8.31. The quantitative estimate of drug-likeness (QED) is 0.565. The molecule has 0 spiro atoms. The molecule has 2 rings (SSSR count). The Balaban J connectivity index is 2.19. The number of anilines is 2. The molecule has 1 aromatic heterocycles. The van der Waals surface area contributed by atoms with Gasteiger partial charge >= 0.3 is 0 Å². The van der Waals surface area contributed by atoms with Gasteiger partial charge < -0.3 is 10.5 Å². The number of ether oxygens (including phenoxy) is 1. The Labute approximate surface area is 137 Å². The van der Waals surface area contributed by atoms with Crippen molar-refractivity contribution in [3.05, 3.63) is 32.0 Å². The van der Waals surface area contributed by atoms with Crippen molar-refractivity contribution in [3.63, 3.8) is 0 Å². The van der Waals surface area contributed by atoms with Crippen molar-refractivity contribution in [2.24, 2.45) is 5.10 Å². The second-order valence-electron chi connectivity index (χ2n) is 3.69. The summed E-state index contributed by atoms with van der Waals surface area (Å²) in [6.45, 7) is 2.52. The van der Waals surface area contributed by atoms with Crippen LogP contribution in [0.15, 0.2) is 31.6 Å². The molecule has 2 aromatic rings. The zero-order valence-electron chi connectivity index (χ0n) is 10.6. The first-order valence-electron chi connectivity index (χ1n) is 5.72. The van der Waals surface area contributed by atoms with Crippen LogP contribution < -0.4 is 15.9 Å². The van der Waals surface area contributed by atoms with Gasteiger partial charge in [-0.2, -0.15) is 5.10 Å². The van der Waals surface area contributed by atoms with Gasteiger partial charge in [0.05, 0.1) is 17.3 Å². The summed E-state index contributed by atoms with van der Waals surface area (Å²) in [5.74, 6) is 1.23. The molecule has 0 aliphatic rings. The Bertz CT molecular complexity index is 630. The number of aromatic nitrogens is 1. The van der Waals surface area contributed by atoms with Crippen molar-refractivity contribution < 1.29 is 4.74 Å². The summed E-state index contributed by atoms with van der Waals surface area (Å²) in [5.41, 5.74) is 9.22. The molecule has 0 atom stereocenters. The van der Waals surface area contributed by atoms with Crippen LogP contribution in [0.25, 0.3) is 0 Å². The third-order valence-corrected chi connectivity index (χ3v) is 4.02. The van der Waals surface area contributed by atoms with E-state index in [0.717, 1.165) is 20.3 Å². The molecule has 106 valence electrons. The molecule has 0 amide bonds. The summed E-state index contributed by atoms with van der Waals surface area (Å²) in [6.07, 6.45) is 1.68. The molecule has 0 bridgehead atoms. The highest BCUT2D eigenvalue weighted by atomic mass is 79.9. The molecule has 0 saturated heterocycles. The van der Waals surface area contributed by atoms with E-state index in [1.807, 2.05) is 19.1 Å². The molecule has 0 radical (unpaired) electrons. The van der Waals surface area contributed by atoms with E-state index in [-0.39, 0.29) is 0 Å². The van der Waals surface area contributed by atoms with Gasteiger partial charge in [0, 0.05) is 15.4 Å². The molecule has 20 heavy (non-hydrogen) atoms. The van der Waals surface area contributed by atoms with Gasteiger partial charge in [-0.15, -0.1) is 11.3 Å². The lowest BCUT2D eigenvalue weighted by Crippen LogP contribution is -1.99. The molecular formula is C12H12Br2N4OS. The molecule has 0 aliphatic heterocycles. The van der Waals surface area contributed by atoms with E-state index < -0.39 is 0 Å². The third-order valence-electron chi connectivity index (χ3n) is 2.21. The van der Waals surface area contributed by atoms with Gasteiger partial charge in [0.15, 0.2) is 0 Å². The van der Waals surface area contributed by atoms with Crippen LogP contribution in [0.2, 0.25) is 0 Å². The first-order valence-corrected chi connectivity index (χ1v) is 8.18. The minimum Gasteiger partial charge on any atom is -0.492 e. The average molecular weight is 420 g/mol. The predicted molar refractivity (Wildman–Crippen MR) is 90.8 cm³/mol. The van der Waals surface area contributed by atoms with Crippen molar-refractivity contribution in [2.45, 2.75) is 6.92 Å². The minimum absolute atomic E-state index is 0.480. The Morgan fingerprint density at radius 2 is 2.30 bits per heavy atom. The number of nitrogen functional groups attached to an aromatic ring is 1. The molecule has 0 aliphatic carbocycles. The highest BCUT2D eigenvalue weighted by Crippen LogP contribution is 2.32. The van der Waals surface area contributed by atoms with Gasteiger partial charge in [-0.3, -0.25) is 5.43 Å².